The fourth-order valence-corrected chi connectivity index (χ4v) is 2.30. The summed E-state index contributed by atoms with van der Waals surface area (Å²) in [5.74, 6) is 0.575. The highest BCUT2D eigenvalue weighted by Gasteiger charge is 2.09. The number of nitrogens with zero attached hydrogens (tertiary/aromatic N) is 2. The van der Waals surface area contributed by atoms with Gasteiger partial charge >= 0.3 is 0 Å². The van der Waals surface area contributed by atoms with E-state index in [2.05, 4.69) is 15.8 Å². The second-order valence-corrected chi connectivity index (χ2v) is 5.52. The number of hydrogen-bond acceptors (Lipinski definition) is 6. The number of rotatable bonds is 7. The van der Waals surface area contributed by atoms with Crippen molar-refractivity contribution in [2.24, 2.45) is 5.10 Å². The number of benzene rings is 2. The quantitative estimate of drug-likeness (QED) is 0.379. The number of non-ortho nitro benzene ring substituents is 1. The Bertz CT molecular complexity index is 967. The third-order valence-electron chi connectivity index (χ3n) is 3.58. The summed E-state index contributed by atoms with van der Waals surface area (Å²) in [7, 11) is 0. The lowest BCUT2D eigenvalue weighted by molar-refractivity contribution is -0.384. The number of hydrogen-bond donors (Lipinski definition) is 2. The number of nitro benzene ring substituents is 1. The van der Waals surface area contributed by atoms with Crippen molar-refractivity contribution < 1.29 is 14.1 Å². The van der Waals surface area contributed by atoms with Crippen molar-refractivity contribution in [3.63, 3.8) is 0 Å². The van der Waals surface area contributed by atoms with Crippen LogP contribution in [0, 0.1) is 10.1 Å². The first-order valence-electron chi connectivity index (χ1n) is 8.07. The molecule has 2 aromatic carbocycles. The Hall–Kier alpha value is -3.94. The fourth-order valence-electron chi connectivity index (χ4n) is 2.30. The van der Waals surface area contributed by atoms with E-state index in [1.807, 2.05) is 30.3 Å². The van der Waals surface area contributed by atoms with E-state index in [1.54, 1.807) is 24.3 Å². The largest absolute Gasteiger partial charge is 0.455 e. The molecule has 8 nitrogen and oxygen atoms in total. The molecule has 0 bridgehead atoms. The van der Waals surface area contributed by atoms with E-state index < -0.39 is 4.92 Å². The zero-order valence-corrected chi connectivity index (χ0v) is 14.2. The monoisotopic (exact) mass is 364 g/mol. The number of anilines is 1. The average molecular weight is 364 g/mol. The smallest absolute Gasteiger partial charge is 0.270 e. The van der Waals surface area contributed by atoms with Gasteiger partial charge in [-0.1, -0.05) is 30.3 Å². The van der Waals surface area contributed by atoms with Crippen LogP contribution in [0.1, 0.15) is 5.76 Å². The van der Waals surface area contributed by atoms with Gasteiger partial charge in [-0.25, -0.2) is 5.43 Å². The minimum absolute atomic E-state index is 0.0164. The standard InChI is InChI=1S/C19H16N4O4/c24-19(13-20-15-6-2-1-3-7-15)22-21-12-17-9-10-18(27-17)14-5-4-8-16(11-14)23(25)26/h1-12,20H,13H2,(H,22,24)/b21-12+. The lowest BCUT2D eigenvalue weighted by atomic mass is 10.1. The summed E-state index contributed by atoms with van der Waals surface area (Å²) >= 11 is 0. The molecule has 3 rings (SSSR count). The molecule has 0 fully saturated rings. The predicted molar refractivity (Wildman–Crippen MR) is 101 cm³/mol. The van der Waals surface area contributed by atoms with Crippen LogP contribution in [0.2, 0.25) is 0 Å². The van der Waals surface area contributed by atoms with E-state index in [4.69, 9.17) is 4.42 Å². The van der Waals surface area contributed by atoms with Crippen molar-refractivity contribution in [3.05, 3.63) is 82.6 Å². The zero-order chi connectivity index (χ0) is 19.1. The number of nitro groups is 1. The minimum Gasteiger partial charge on any atom is -0.455 e. The first-order valence-corrected chi connectivity index (χ1v) is 8.07. The van der Waals surface area contributed by atoms with Crippen molar-refractivity contribution in [2.45, 2.75) is 0 Å². The van der Waals surface area contributed by atoms with Crippen molar-refractivity contribution >= 4 is 23.5 Å². The van der Waals surface area contributed by atoms with Crippen LogP contribution < -0.4 is 10.7 Å². The number of para-hydroxylation sites is 1. The van der Waals surface area contributed by atoms with Gasteiger partial charge in [0.05, 0.1) is 17.7 Å². The van der Waals surface area contributed by atoms with Crippen LogP contribution in [-0.4, -0.2) is 23.6 Å². The van der Waals surface area contributed by atoms with Gasteiger partial charge in [0.2, 0.25) is 0 Å². The Balaban J connectivity index is 1.55. The molecule has 1 aromatic heterocycles. The number of furan rings is 1. The van der Waals surface area contributed by atoms with E-state index in [1.165, 1.54) is 18.3 Å². The van der Waals surface area contributed by atoms with Crippen LogP contribution in [0.5, 0.6) is 0 Å². The summed E-state index contributed by atoms with van der Waals surface area (Å²) in [4.78, 5) is 22.1. The molecule has 1 amide bonds. The van der Waals surface area contributed by atoms with E-state index in [-0.39, 0.29) is 18.1 Å². The summed E-state index contributed by atoms with van der Waals surface area (Å²) in [5, 5.41) is 17.7. The molecule has 1 heterocycles. The van der Waals surface area contributed by atoms with Crippen LogP contribution in [0.3, 0.4) is 0 Å². The van der Waals surface area contributed by atoms with Gasteiger partial charge in [-0.15, -0.1) is 0 Å². The SMILES string of the molecule is O=C(CNc1ccccc1)N/N=C/c1ccc(-c2cccc([N+](=O)[O-])c2)o1. The Morgan fingerprint density at radius 1 is 1.11 bits per heavy atom. The molecule has 0 radical (unpaired) electrons. The molecule has 2 N–H and O–H groups in total. The first-order chi connectivity index (χ1) is 13.1. The molecule has 8 heteroatoms. The molecule has 3 aromatic rings. The molecular weight excluding hydrogens is 348 g/mol. The third kappa shape index (κ3) is 5.02. The maximum atomic E-state index is 11.8. The van der Waals surface area contributed by atoms with Crippen molar-refractivity contribution in [1.29, 1.82) is 0 Å². The van der Waals surface area contributed by atoms with Crippen molar-refractivity contribution in [3.8, 4) is 11.3 Å². The average Bonchev–Trinajstić information content (AvgIpc) is 3.16. The van der Waals surface area contributed by atoms with Crippen molar-refractivity contribution in [2.75, 3.05) is 11.9 Å². The molecule has 0 aliphatic rings. The number of carbonyl (C=O) groups excluding carboxylic acids is 1. The van der Waals surface area contributed by atoms with Gasteiger partial charge < -0.3 is 9.73 Å². The molecule has 0 saturated carbocycles. The molecule has 0 aliphatic heterocycles. The highest BCUT2D eigenvalue weighted by molar-refractivity contribution is 5.83. The summed E-state index contributed by atoms with van der Waals surface area (Å²) < 4.78 is 5.58. The Morgan fingerprint density at radius 3 is 2.70 bits per heavy atom. The van der Waals surface area contributed by atoms with E-state index in [0.29, 0.717) is 17.1 Å². The highest BCUT2D eigenvalue weighted by atomic mass is 16.6. The molecule has 0 spiro atoms. The second-order valence-electron chi connectivity index (χ2n) is 5.52. The Morgan fingerprint density at radius 2 is 1.93 bits per heavy atom. The normalized spacial score (nSPS) is 10.7. The lowest BCUT2D eigenvalue weighted by Crippen LogP contribution is -2.25. The fraction of sp³-hybridized carbons (Fsp3) is 0.0526. The highest BCUT2D eigenvalue weighted by Crippen LogP contribution is 2.25. The Kier molecular flexibility index (Phi) is 5.58. The number of hydrazone groups is 1. The molecule has 27 heavy (non-hydrogen) atoms. The zero-order valence-electron chi connectivity index (χ0n) is 14.2. The van der Waals surface area contributed by atoms with Gasteiger partial charge in [0.15, 0.2) is 0 Å². The maximum Gasteiger partial charge on any atom is 0.270 e. The number of amides is 1. The van der Waals surface area contributed by atoms with Gasteiger partial charge in [-0.3, -0.25) is 14.9 Å². The summed E-state index contributed by atoms with van der Waals surface area (Å²) in [6.45, 7) is 0.0818. The molecule has 0 saturated heterocycles. The summed E-state index contributed by atoms with van der Waals surface area (Å²) in [6, 6.07) is 18.8. The minimum atomic E-state index is -0.464. The van der Waals surface area contributed by atoms with Crippen LogP contribution in [0.25, 0.3) is 11.3 Å². The molecule has 0 aliphatic carbocycles. The first kappa shape index (κ1) is 17.9. The number of nitrogens with one attached hydrogen (secondary N) is 2. The van der Waals surface area contributed by atoms with E-state index in [0.717, 1.165) is 5.69 Å². The van der Waals surface area contributed by atoms with Gasteiger partial charge in [-0.2, -0.15) is 5.10 Å². The predicted octanol–water partition coefficient (Wildman–Crippen LogP) is 3.42. The second kappa shape index (κ2) is 8.43. The van der Waals surface area contributed by atoms with Crippen molar-refractivity contribution in [1.82, 2.24) is 5.43 Å². The maximum absolute atomic E-state index is 11.8. The Labute approximate surface area is 154 Å². The van der Waals surface area contributed by atoms with Crippen LogP contribution >= 0.6 is 0 Å². The van der Waals surface area contributed by atoms with Crippen LogP contribution in [-0.2, 0) is 4.79 Å². The molecule has 136 valence electrons. The van der Waals surface area contributed by atoms with Gasteiger partial charge in [0.25, 0.3) is 11.6 Å². The van der Waals surface area contributed by atoms with Gasteiger partial charge in [0.1, 0.15) is 11.5 Å². The lowest BCUT2D eigenvalue weighted by Gasteiger charge is -2.04. The van der Waals surface area contributed by atoms with Gasteiger partial charge in [-0.05, 0) is 24.3 Å². The van der Waals surface area contributed by atoms with Crippen LogP contribution in [0.15, 0.2) is 76.2 Å². The van der Waals surface area contributed by atoms with Crippen LogP contribution in [0.4, 0.5) is 11.4 Å². The topological polar surface area (TPSA) is 110 Å². The third-order valence-corrected chi connectivity index (χ3v) is 3.58. The summed E-state index contributed by atoms with van der Waals surface area (Å²) in [5.41, 5.74) is 3.80. The molecule has 0 atom stereocenters. The van der Waals surface area contributed by atoms with E-state index in [9.17, 15) is 14.9 Å². The van der Waals surface area contributed by atoms with E-state index >= 15 is 0 Å². The summed E-state index contributed by atoms with van der Waals surface area (Å²) in [6.07, 6.45) is 1.36. The van der Waals surface area contributed by atoms with Gasteiger partial charge in [0, 0.05) is 23.4 Å². The number of carbonyl (C=O) groups is 1. The molecule has 0 unspecified atom stereocenters. The molecular formula is C19H16N4O4.